The molecule has 134 valence electrons. The number of benzene rings is 1. The number of carbonyl (C=O) groups excluding carboxylic acids is 1. The number of rotatable bonds is 3. The summed E-state index contributed by atoms with van der Waals surface area (Å²) in [6, 6.07) is 7.73. The van der Waals surface area contributed by atoms with Crippen LogP contribution in [0.1, 0.15) is 25.7 Å². The Bertz CT molecular complexity index is 668. The molecule has 8 heteroatoms. The van der Waals surface area contributed by atoms with Crippen LogP contribution in [0.25, 0.3) is 0 Å². The first kappa shape index (κ1) is 19.2. The predicted octanol–water partition coefficient (Wildman–Crippen LogP) is 1.21. The Hall–Kier alpha value is -1.15. The zero-order chi connectivity index (χ0) is 16.4. The van der Waals surface area contributed by atoms with E-state index in [-0.39, 0.29) is 29.3 Å². The van der Waals surface area contributed by atoms with Crippen LogP contribution in [0.3, 0.4) is 0 Å². The molecule has 1 amide bonds. The molecule has 2 atom stereocenters. The molecule has 6 nitrogen and oxygen atoms in total. The van der Waals surface area contributed by atoms with Crippen molar-refractivity contribution in [3.63, 3.8) is 0 Å². The first-order chi connectivity index (χ1) is 11.0. The largest absolute Gasteiger partial charge is 0.340 e. The monoisotopic (exact) mass is 373 g/mol. The van der Waals surface area contributed by atoms with E-state index in [1.54, 1.807) is 35.2 Å². The first-order valence-electron chi connectivity index (χ1n) is 8.11. The van der Waals surface area contributed by atoms with E-state index in [1.807, 2.05) is 0 Å². The number of amides is 1. The van der Waals surface area contributed by atoms with Crippen LogP contribution in [0.2, 0.25) is 0 Å². The lowest BCUT2D eigenvalue weighted by atomic mass is 10.1. The molecule has 2 N–H and O–H groups in total. The summed E-state index contributed by atoms with van der Waals surface area (Å²) in [6.45, 7) is 1.59. The zero-order valence-electron chi connectivity index (χ0n) is 13.5. The van der Waals surface area contributed by atoms with Gasteiger partial charge in [0.05, 0.1) is 4.90 Å². The number of piperidine rings is 1. The van der Waals surface area contributed by atoms with Crippen LogP contribution in [0.4, 0.5) is 0 Å². The second-order valence-electron chi connectivity index (χ2n) is 6.27. The Morgan fingerprint density at radius 2 is 1.75 bits per heavy atom. The van der Waals surface area contributed by atoms with E-state index in [4.69, 9.17) is 5.73 Å². The summed E-state index contributed by atoms with van der Waals surface area (Å²) in [5, 5.41) is 0. The Morgan fingerprint density at radius 3 is 2.42 bits per heavy atom. The first-order valence-corrected chi connectivity index (χ1v) is 9.55. The summed E-state index contributed by atoms with van der Waals surface area (Å²) >= 11 is 0. The number of nitrogens with two attached hydrogens (primary N) is 1. The van der Waals surface area contributed by atoms with E-state index in [1.165, 1.54) is 4.31 Å². The third kappa shape index (κ3) is 3.74. The molecule has 0 saturated carbocycles. The lowest BCUT2D eigenvalue weighted by Gasteiger charge is -2.34. The second kappa shape index (κ2) is 7.82. The minimum Gasteiger partial charge on any atom is -0.340 e. The molecule has 2 unspecified atom stereocenters. The molecule has 0 spiro atoms. The van der Waals surface area contributed by atoms with E-state index >= 15 is 0 Å². The van der Waals surface area contributed by atoms with Crippen molar-refractivity contribution in [2.24, 2.45) is 5.73 Å². The number of hydrogen-bond acceptors (Lipinski definition) is 4. The summed E-state index contributed by atoms with van der Waals surface area (Å²) in [5.74, 6) is -0.0999. The number of nitrogens with zero attached hydrogens (tertiary/aromatic N) is 2. The highest BCUT2D eigenvalue weighted by Crippen LogP contribution is 2.27. The number of sulfonamides is 1. The topological polar surface area (TPSA) is 83.7 Å². The van der Waals surface area contributed by atoms with Crippen molar-refractivity contribution >= 4 is 28.3 Å². The van der Waals surface area contributed by atoms with E-state index < -0.39 is 16.1 Å². The third-order valence-electron chi connectivity index (χ3n) is 4.61. The minimum absolute atomic E-state index is 0. The Labute approximate surface area is 149 Å². The molecule has 3 rings (SSSR count). The highest BCUT2D eigenvalue weighted by Gasteiger charge is 2.41. The van der Waals surface area contributed by atoms with Crippen LogP contribution in [0.5, 0.6) is 0 Å². The van der Waals surface area contributed by atoms with Gasteiger partial charge >= 0.3 is 0 Å². The fourth-order valence-corrected chi connectivity index (χ4v) is 5.10. The fourth-order valence-electron chi connectivity index (χ4n) is 3.42. The molecule has 0 radical (unpaired) electrons. The van der Waals surface area contributed by atoms with Crippen molar-refractivity contribution in [1.29, 1.82) is 0 Å². The summed E-state index contributed by atoms with van der Waals surface area (Å²) < 4.78 is 27.0. The maximum Gasteiger partial charge on any atom is 0.243 e. The van der Waals surface area contributed by atoms with Gasteiger partial charge in [-0.3, -0.25) is 4.79 Å². The second-order valence-corrected chi connectivity index (χ2v) is 8.16. The van der Waals surface area contributed by atoms with Crippen molar-refractivity contribution in [2.45, 2.75) is 42.7 Å². The van der Waals surface area contributed by atoms with Crippen LogP contribution >= 0.6 is 12.4 Å². The van der Waals surface area contributed by atoms with Gasteiger partial charge < -0.3 is 10.6 Å². The van der Waals surface area contributed by atoms with Gasteiger partial charge in [0.25, 0.3) is 0 Å². The smallest absolute Gasteiger partial charge is 0.243 e. The molecule has 24 heavy (non-hydrogen) atoms. The van der Waals surface area contributed by atoms with Gasteiger partial charge in [-0.05, 0) is 37.8 Å². The molecule has 0 aromatic heterocycles. The number of likely N-dealkylation sites (tertiary alicyclic amines) is 1. The lowest BCUT2D eigenvalue weighted by Crippen LogP contribution is -2.52. The highest BCUT2D eigenvalue weighted by atomic mass is 35.5. The van der Waals surface area contributed by atoms with Gasteiger partial charge in [0, 0.05) is 25.7 Å². The molecular formula is C16H24ClN3O3S. The molecule has 2 aliphatic rings. The Balaban J connectivity index is 0.00000208. The summed E-state index contributed by atoms with van der Waals surface area (Å²) in [4.78, 5) is 14.8. The standard InChI is InChI=1S/C16H23N3O3S.ClH/c17-13-6-4-10-18(12-13)16(20)15-9-5-11-19(15)23(21,22)14-7-2-1-3-8-14;/h1-3,7-8,13,15H,4-6,9-12,17H2;1H. The van der Waals surface area contributed by atoms with E-state index in [2.05, 4.69) is 0 Å². The Morgan fingerprint density at radius 1 is 1.08 bits per heavy atom. The SMILES string of the molecule is Cl.NC1CCCN(C(=O)C2CCCN2S(=O)(=O)c2ccccc2)C1. The fraction of sp³-hybridized carbons (Fsp3) is 0.562. The van der Waals surface area contributed by atoms with Crippen LogP contribution < -0.4 is 5.73 Å². The molecule has 2 saturated heterocycles. The predicted molar refractivity (Wildman–Crippen MR) is 94.4 cm³/mol. The van der Waals surface area contributed by atoms with Crippen molar-refractivity contribution < 1.29 is 13.2 Å². The van der Waals surface area contributed by atoms with Crippen molar-refractivity contribution in [3.05, 3.63) is 30.3 Å². The molecule has 0 bridgehead atoms. The quantitative estimate of drug-likeness (QED) is 0.863. The average molecular weight is 374 g/mol. The molecule has 0 aliphatic carbocycles. The molecule has 2 fully saturated rings. The van der Waals surface area contributed by atoms with Crippen LogP contribution in [0.15, 0.2) is 35.2 Å². The third-order valence-corrected chi connectivity index (χ3v) is 6.53. The number of carbonyl (C=O) groups is 1. The highest BCUT2D eigenvalue weighted by molar-refractivity contribution is 7.89. The maximum absolute atomic E-state index is 12.8. The van der Waals surface area contributed by atoms with Crippen LogP contribution in [-0.2, 0) is 14.8 Å². The van der Waals surface area contributed by atoms with Gasteiger partial charge in [-0.2, -0.15) is 4.31 Å². The van der Waals surface area contributed by atoms with E-state index in [9.17, 15) is 13.2 Å². The van der Waals surface area contributed by atoms with Gasteiger partial charge in [0.2, 0.25) is 15.9 Å². The number of halogens is 1. The summed E-state index contributed by atoms with van der Waals surface area (Å²) in [6.07, 6.45) is 3.09. The van der Waals surface area contributed by atoms with E-state index in [0.29, 0.717) is 32.5 Å². The molecule has 1 aromatic rings. The normalized spacial score (nSPS) is 25.3. The minimum atomic E-state index is -3.63. The van der Waals surface area contributed by atoms with Gasteiger partial charge in [-0.15, -0.1) is 12.4 Å². The van der Waals surface area contributed by atoms with Gasteiger partial charge in [0.15, 0.2) is 0 Å². The Kier molecular flexibility index (Phi) is 6.25. The molecule has 2 aliphatic heterocycles. The molecule has 1 aromatic carbocycles. The van der Waals surface area contributed by atoms with Gasteiger partial charge in [-0.25, -0.2) is 8.42 Å². The van der Waals surface area contributed by atoms with Crippen LogP contribution in [0, 0.1) is 0 Å². The van der Waals surface area contributed by atoms with Gasteiger partial charge in [0.1, 0.15) is 6.04 Å². The average Bonchev–Trinajstić information content (AvgIpc) is 3.05. The van der Waals surface area contributed by atoms with Crippen LogP contribution in [-0.4, -0.2) is 55.2 Å². The molecular weight excluding hydrogens is 350 g/mol. The van der Waals surface area contributed by atoms with Crippen molar-refractivity contribution in [2.75, 3.05) is 19.6 Å². The van der Waals surface area contributed by atoms with Crippen molar-refractivity contribution in [1.82, 2.24) is 9.21 Å². The maximum atomic E-state index is 12.8. The lowest BCUT2D eigenvalue weighted by molar-refractivity contribution is -0.135. The van der Waals surface area contributed by atoms with E-state index in [0.717, 1.165) is 12.8 Å². The van der Waals surface area contributed by atoms with Gasteiger partial charge in [-0.1, -0.05) is 18.2 Å². The number of hydrogen-bond donors (Lipinski definition) is 1. The summed E-state index contributed by atoms with van der Waals surface area (Å²) in [5.41, 5.74) is 5.95. The zero-order valence-corrected chi connectivity index (χ0v) is 15.1. The summed E-state index contributed by atoms with van der Waals surface area (Å²) in [7, 11) is -3.63. The molecule has 2 heterocycles. The van der Waals surface area contributed by atoms with Crippen molar-refractivity contribution in [3.8, 4) is 0 Å².